The van der Waals surface area contributed by atoms with Crippen molar-refractivity contribution in [3.63, 3.8) is 0 Å². The van der Waals surface area contributed by atoms with Crippen LogP contribution in [0.15, 0.2) is 18.2 Å². The lowest BCUT2D eigenvalue weighted by atomic mass is 10.0. The van der Waals surface area contributed by atoms with Crippen molar-refractivity contribution in [2.45, 2.75) is 12.8 Å². The lowest BCUT2D eigenvalue weighted by Gasteiger charge is -2.08. The molecule has 0 spiro atoms. The second-order valence-electron chi connectivity index (χ2n) is 3.94. The standard InChI is InChI=1S/C13H14O7/c14-5-1-2-6-20-13(19)10-7-8(11(15)16)3-4-9(10)12(17)18/h3-4,7,14H,1-2,5-6H2,(H,15,16)(H,17,18). The van der Waals surface area contributed by atoms with Gasteiger partial charge < -0.3 is 20.1 Å². The normalized spacial score (nSPS) is 10.1. The zero-order valence-electron chi connectivity index (χ0n) is 10.5. The number of benzene rings is 1. The number of aliphatic hydroxyl groups is 1. The average Bonchev–Trinajstić information content (AvgIpc) is 2.42. The zero-order chi connectivity index (χ0) is 15.1. The van der Waals surface area contributed by atoms with Gasteiger partial charge >= 0.3 is 17.9 Å². The molecule has 0 unspecified atom stereocenters. The molecule has 108 valence electrons. The smallest absolute Gasteiger partial charge is 0.339 e. The Morgan fingerprint density at radius 3 is 2.25 bits per heavy atom. The van der Waals surface area contributed by atoms with Gasteiger partial charge in [0.25, 0.3) is 0 Å². The summed E-state index contributed by atoms with van der Waals surface area (Å²) in [5, 5.41) is 26.4. The minimum absolute atomic E-state index is 0.0236. The van der Waals surface area contributed by atoms with Crippen molar-refractivity contribution in [3.8, 4) is 0 Å². The van der Waals surface area contributed by atoms with Gasteiger partial charge in [-0.3, -0.25) is 0 Å². The Morgan fingerprint density at radius 1 is 1.00 bits per heavy atom. The van der Waals surface area contributed by atoms with Crippen LogP contribution in [0.25, 0.3) is 0 Å². The van der Waals surface area contributed by atoms with E-state index in [2.05, 4.69) is 0 Å². The molecular weight excluding hydrogens is 268 g/mol. The molecule has 0 aliphatic rings. The van der Waals surface area contributed by atoms with Crippen LogP contribution in [0.5, 0.6) is 0 Å². The monoisotopic (exact) mass is 282 g/mol. The van der Waals surface area contributed by atoms with E-state index < -0.39 is 17.9 Å². The van der Waals surface area contributed by atoms with E-state index in [1.54, 1.807) is 0 Å². The van der Waals surface area contributed by atoms with Crippen LogP contribution >= 0.6 is 0 Å². The molecule has 0 heterocycles. The predicted octanol–water partition coefficient (Wildman–Crippen LogP) is 1.01. The number of carboxylic acids is 2. The molecule has 0 aliphatic heterocycles. The molecule has 0 atom stereocenters. The number of carbonyl (C=O) groups is 3. The first-order chi connectivity index (χ1) is 9.47. The van der Waals surface area contributed by atoms with Crippen molar-refractivity contribution in [3.05, 3.63) is 34.9 Å². The molecule has 0 saturated heterocycles. The number of rotatable bonds is 7. The predicted molar refractivity (Wildman–Crippen MR) is 67.0 cm³/mol. The molecule has 1 aromatic rings. The molecule has 0 amide bonds. The second-order valence-corrected chi connectivity index (χ2v) is 3.94. The summed E-state index contributed by atoms with van der Waals surface area (Å²) in [5.74, 6) is -3.51. The molecule has 0 bridgehead atoms. The van der Waals surface area contributed by atoms with Gasteiger partial charge in [0.15, 0.2) is 0 Å². The summed E-state index contributed by atoms with van der Waals surface area (Å²) in [6.45, 7) is -0.0117. The topological polar surface area (TPSA) is 121 Å². The molecule has 0 saturated carbocycles. The van der Waals surface area contributed by atoms with Crippen molar-refractivity contribution in [2.24, 2.45) is 0 Å². The highest BCUT2D eigenvalue weighted by Crippen LogP contribution is 2.14. The number of carboxylic acid groups (broad SMARTS) is 2. The Hall–Kier alpha value is -2.41. The molecule has 20 heavy (non-hydrogen) atoms. The van der Waals surface area contributed by atoms with E-state index in [4.69, 9.17) is 20.1 Å². The maximum absolute atomic E-state index is 11.8. The van der Waals surface area contributed by atoms with Gasteiger partial charge in [0.2, 0.25) is 0 Å². The summed E-state index contributed by atoms with van der Waals surface area (Å²) in [4.78, 5) is 33.6. The summed E-state index contributed by atoms with van der Waals surface area (Å²) in [7, 11) is 0. The maximum atomic E-state index is 11.8. The van der Waals surface area contributed by atoms with Gasteiger partial charge in [-0.15, -0.1) is 0 Å². The molecule has 7 nitrogen and oxygen atoms in total. The van der Waals surface area contributed by atoms with Gasteiger partial charge in [-0.05, 0) is 31.0 Å². The van der Waals surface area contributed by atoms with Crippen LogP contribution < -0.4 is 0 Å². The summed E-state index contributed by atoms with van der Waals surface area (Å²) >= 11 is 0. The van der Waals surface area contributed by atoms with E-state index in [1.807, 2.05) is 0 Å². The fourth-order valence-electron chi connectivity index (χ4n) is 1.49. The number of unbranched alkanes of at least 4 members (excludes halogenated alkanes) is 1. The average molecular weight is 282 g/mol. The first-order valence-corrected chi connectivity index (χ1v) is 5.86. The highest BCUT2D eigenvalue weighted by Gasteiger charge is 2.20. The van der Waals surface area contributed by atoms with E-state index >= 15 is 0 Å². The van der Waals surface area contributed by atoms with Crippen LogP contribution in [-0.2, 0) is 4.74 Å². The van der Waals surface area contributed by atoms with Gasteiger partial charge in [0, 0.05) is 6.61 Å². The van der Waals surface area contributed by atoms with Crippen molar-refractivity contribution < 1.29 is 34.4 Å². The summed E-state index contributed by atoms with van der Waals surface area (Å²) < 4.78 is 4.85. The van der Waals surface area contributed by atoms with E-state index in [0.717, 1.165) is 18.2 Å². The van der Waals surface area contributed by atoms with E-state index in [1.165, 1.54) is 0 Å². The van der Waals surface area contributed by atoms with Crippen molar-refractivity contribution in [2.75, 3.05) is 13.2 Å². The molecule has 1 rings (SSSR count). The van der Waals surface area contributed by atoms with Crippen LogP contribution in [0.4, 0.5) is 0 Å². The lowest BCUT2D eigenvalue weighted by molar-refractivity contribution is 0.0482. The molecule has 7 heteroatoms. The minimum Gasteiger partial charge on any atom is -0.478 e. The quantitative estimate of drug-likeness (QED) is 0.504. The third-order valence-electron chi connectivity index (χ3n) is 2.50. The molecule has 0 fully saturated rings. The molecule has 0 aromatic heterocycles. The van der Waals surface area contributed by atoms with Gasteiger partial charge in [-0.1, -0.05) is 0 Å². The zero-order valence-corrected chi connectivity index (χ0v) is 10.5. The van der Waals surface area contributed by atoms with Crippen LogP contribution in [0.1, 0.15) is 43.9 Å². The summed E-state index contributed by atoms with van der Waals surface area (Å²) in [5.41, 5.74) is -0.819. The van der Waals surface area contributed by atoms with E-state index in [0.29, 0.717) is 12.8 Å². The van der Waals surface area contributed by atoms with Gasteiger partial charge in [0.05, 0.1) is 23.3 Å². The summed E-state index contributed by atoms with van der Waals surface area (Å²) in [6.07, 6.45) is 0.886. The first-order valence-electron chi connectivity index (χ1n) is 5.86. The van der Waals surface area contributed by atoms with Crippen molar-refractivity contribution in [1.29, 1.82) is 0 Å². The fraction of sp³-hybridized carbons (Fsp3) is 0.308. The first kappa shape index (κ1) is 15.6. The van der Waals surface area contributed by atoms with E-state index in [9.17, 15) is 14.4 Å². The number of aliphatic hydroxyl groups excluding tert-OH is 1. The van der Waals surface area contributed by atoms with Crippen molar-refractivity contribution >= 4 is 17.9 Å². The number of hydrogen-bond donors (Lipinski definition) is 3. The Bertz CT molecular complexity index is 521. The maximum Gasteiger partial charge on any atom is 0.339 e. The van der Waals surface area contributed by atoms with Gasteiger partial charge in [-0.25, -0.2) is 14.4 Å². The number of aromatic carboxylic acids is 2. The number of hydrogen-bond acceptors (Lipinski definition) is 5. The Kier molecular flexibility index (Phi) is 5.67. The highest BCUT2D eigenvalue weighted by atomic mass is 16.5. The molecule has 1 aromatic carbocycles. The van der Waals surface area contributed by atoms with Crippen LogP contribution in [0.2, 0.25) is 0 Å². The number of ether oxygens (including phenoxy) is 1. The fourth-order valence-corrected chi connectivity index (χ4v) is 1.49. The number of esters is 1. The Labute approximate surface area is 114 Å². The van der Waals surface area contributed by atoms with Crippen LogP contribution in [-0.4, -0.2) is 46.4 Å². The molecule has 3 N–H and O–H groups in total. The van der Waals surface area contributed by atoms with Crippen LogP contribution in [0.3, 0.4) is 0 Å². The van der Waals surface area contributed by atoms with Crippen molar-refractivity contribution in [1.82, 2.24) is 0 Å². The SMILES string of the molecule is O=C(O)c1ccc(C(=O)O)c(C(=O)OCCCCO)c1. The Balaban J connectivity index is 2.94. The number of carbonyl (C=O) groups excluding carboxylic acids is 1. The summed E-state index contributed by atoms with van der Waals surface area (Å²) in [6, 6.07) is 3.13. The third-order valence-corrected chi connectivity index (χ3v) is 2.50. The second kappa shape index (κ2) is 7.25. The lowest BCUT2D eigenvalue weighted by Crippen LogP contribution is -2.14. The minimum atomic E-state index is -1.34. The molecular formula is C13H14O7. The van der Waals surface area contributed by atoms with Gasteiger partial charge in [0.1, 0.15) is 0 Å². The highest BCUT2D eigenvalue weighted by molar-refractivity contribution is 6.04. The molecule has 0 radical (unpaired) electrons. The third kappa shape index (κ3) is 4.06. The van der Waals surface area contributed by atoms with Crippen LogP contribution in [0, 0.1) is 0 Å². The van der Waals surface area contributed by atoms with E-state index in [-0.39, 0.29) is 29.9 Å². The van der Waals surface area contributed by atoms with Gasteiger partial charge in [-0.2, -0.15) is 0 Å². The largest absolute Gasteiger partial charge is 0.478 e. The molecule has 0 aliphatic carbocycles. The Morgan fingerprint density at radius 2 is 1.70 bits per heavy atom.